The van der Waals surface area contributed by atoms with Crippen molar-refractivity contribution in [2.24, 2.45) is 11.8 Å². The Labute approximate surface area is 105 Å². The molecule has 1 aromatic rings. The average Bonchev–Trinajstić information content (AvgIpc) is 2.26. The van der Waals surface area contributed by atoms with Gasteiger partial charge >= 0.3 is 0 Å². The molecule has 0 spiro atoms. The molecule has 1 atom stereocenters. The summed E-state index contributed by atoms with van der Waals surface area (Å²) in [5.74, 6) is 0.868. The maximum atomic E-state index is 9.24. The van der Waals surface area contributed by atoms with Crippen molar-refractivity contribution in [1.29, 1.82) is 0 Å². The Kier molecular flexibility index (Phi) is 5.66. The second kappa shape index (κ2) is 6.77. The Morgan fingerprint density at radius 3 is 2.47 bits per heavy atom. The van der Waals surface area contributed by atoms with E-state index in [9.17, 15) is 5.11 Å². The highest BCUT2D eigenvalue weighted by molar-refractivity contribution is 5.30. The average molecular weight is 235 g/mol. The summed E-state index contributed by atoms with van der Waals surface area (Å²) in [5.41, 5.74) is 3.99. The van der Waals surface area contributed by atoms with E-state index in [4.69, 9.17) is 0 Å². The monoisotopic (exact) mass is 235 g/mol. The molecule has 0 bridgehead atoms. The van der Waals surface area contributed by atoms with Gasteiger partial charge in [0.15, 0.2) is 0 Å². The first kappa shape index (κ1) is 14.2. The highest BCUT2D eigenvalue weighted by atomic mass is 16.3. The van der Waals surface area contributed by atoms with Crippen molar-refractivity contribution in [3.63, 3.8) is 0 Å². The van der Waals surface area contributed by atoms with Crippen molar-refractivity contribution in [3.05, 3.63) is 34.9 Å². The summed E-state index contributed by atoms with van der Waals surface area (Å²) in [4.78, 5) is 0. The number of hydrogen-bond donors (Lipinski definition) is 2. The summed E-state index contributed by atoms with van der Waals surface area (Å²) in [7, 11) is 0. The van der Waals surface area contributed by atoms with Gasteiger partial charge in [0.1, 0.15) is 0 Å². The molecule has 0 aliphatic carbocycles. The summed E-state index contributed by atoms with van der Waals surface area (Å²) >= 11 is 0. The number of benzene rings is 1. The molecule has 0 aliphatic heterocycles. The topological polar surface area (TPSA) is 32.3 Å². The lowest BCUT2D eigenvalue weighted by atomic mass is 9.96. The van der Waals surface area contributed by atoms with Crippen molar-refractivity contribution in [3.8, 4) is 0 Å². The van der Waals surface area contributed by atoms with Gasteiger partial charge in [-0.05, 0) is 36.8 Å². The molecule has 0 amide bonds. The lowest BCUT2D eigenvalue weighted by molar-refractivity contribution is 0.186. The molecule has 2 nitrogen and oxygen atoms in total. The van der Waals surface area contributed by atoms with Gasteiger partial charge in [0.05, 0.1) is 0 Å². The van der Waals surface area contributed by atoms with Crippen molar-refractivity contribution in [2.45, 2.75) is 34.2 Å². The molecule has 2 heteroatoms. The van der Waals surface area contributed by atoms with Gasteiger partial charge in [-0.15, -0.1) is 0 Å². The minimum absolute atomic E-state index is 0.261. The van der Waals surface area contributed by atoms with E-state index in [0.717, 1.165) is 13.1 Å². The van der Waals surface area contributed by atoms with E-state index >= 15 is 0 Å². The fourth-order valence-electron chi connectivity index (χ4n) is 1.95. The van der Waals surface area contributed by atoms with E-state index in [1.54, 1.807) is 0 Å². The van der Waals surface area contributed by atoms with Crippen LogP contribution in [0.1, 0.15) is 30.5 Å². The lowest BCUT2D eigenvalue weighted by Crippen LogP contribution is -2.28. The first-order valence-electron chi connectivity index (χ1n) is 6.42. The second-order valence-electron chi connectivity index (χ2n) is 5.25. The van der Waals surface area contributed by atoms with Gasteiger partial charge in [0.25, 0.3) is 0 Å². The van der Waals surface area contributed by atoms with Gasteiger partial charge in [-0.2, -0.15) is 0 Å². The van der Waals surface area contributed by atoms with Crippen molar-refractivity contribution < 1.29 is 5.11 Å². The van der Waals surface area contributed by atoms with Crippen LogP contribution in [-0.4, -0.2) is 18.3 Å². The second-order valence-corrected chi connectivity index (χ2v) is 5.25. The smallest absolute Gasteiger partial charge is 0.0473 e. The van der Waals surface area contributed by atoms with Crippen LogP contribution in [0.2, 0.25) is 0 Å². The van der Waals surface area contributed by atoms with Crippen LogP contribution in [0.15, 0.2) is 18.2 Å². The van der Waals surface area contributed by atoms with Crippen LogP contribution < -0.4 is 5.32 Å². The molecule has 1 unspecified atom stereocenters. The van der Waals surface area contributed by atoms with Gasteiger partial charge in [-0.25, -0.2) is 0 Å². The minimum atomic E-state index is 0.261. The van der Waals surface area contributed by atoms with Gasteiger partial charge in [0, 0.05) is 19.7 Å². The molecule has 0 aliphatic rings. The van der Waals surface area contributed by atoms with Crippen LogP contribution in [0.5, 0.6) is 0 Å². The third-order valence-electron chi connectivity index (χ3n) is 3.40. The zero-order chi connectivity index (χ0) is 12.8. The standard InChI is InChI=1S/C15H25NO/c1-11(2)15(10-17)9-16-8-14-6-5-12(3)7-13(14)4/h5-7,11,15-17H,8-10H2,1-4H3. The van der Waals surface area contributed by atoms with E-state index in [0.29, 0.717) is 11.8 Å². The minimum Gasteiger partial charge on any atom is -0.396 e. The fraction of sp³-hybridized carbons (Fsp3) is 0.600. The number of rotatable bonds is 6. The first-order chi connectivity index (χ1) is 8.04. The molecule has 0 radical (unpaired) electrons. The third-order valence-corrected chi connectivity index (χ3v) is 3.40. The molecule has 0 saturated heterocycles. The Hall–Kier alpha value is -0.860. The Balaban J connectivity index is 2.45. The molecule has 1 aromatic carbocycles. The molecule has 0 fully saturated rings. The predicted molar refractivity (Wildman–Crippen MR) is 73.0 cm³/mol. The fourth-order valence-corrected chi connectivity index (χ4v) is 1.95. The summed E-state index contributed by atoms with van der Waals surface area (Å²) < 4.78 is 0. The third kappa shape index (κ3) is 4.49. The summed E-state index contributed by atoms with van der Waals surface area (Å²) in [6.07, 6.45) is 0. The predicted octanol–water partition coefficient (Wildman–Crippen LogP) is 2.66. The van der Waals surface area contributed by atoms with Crippen molar-refractivity contribution in [2.75, 3.05) is 13.2 Å². The van der Waals surface area contributed by atoms with Gasteiger partial charge < -0.3 is 10.4 Å². The number of hydrogen-bond acceptors (Lipinski definition) is 2. The molecule has 0 heterocycles. The van der Waals surface area contributed by atoms with Crippen LogP contribution in [-0.2, 0) is 6.54 Å². The molecular formula is C15H25NO. The van der Waals surface area contributed by atoms with Gasteiger partial charge in [-0.1, -0.05) is 37.6 Å². The summed E-state index contributed by atoms with van der Waals surface area (Å²) in [6, 6.07) is 6.54. The molecule has 0 saturated carbocycles. The number of aryl methyl sites for hydroxylation is 2. The van der Waals surface area contributed by atoms with Gasteiger partial charge in [0.2, 0.25) is 0 Å². The molecular weight excluding hydrogens is 210 g/mol. The van der Waals surface area contributed by atoms with Crippen molar-refractivity contribution in [1.82, 2.24) is 5.32 Å². The molecule has 17 heavy (non-hydrogen) atoms. The number of aliphatic hydroxyl groups is 1. The molecule has 1 rings (SSSR count). The largest absolute Gasteiger partial charge is 0.396 e. The number of aliphatic hydroxyl groups excluding tert-OH is 1. The maximum Gasteiger partial charge on any atom is 0.0473 e. The van der Waals surface area contributed by atoms with E-state index in [-0.39, 0.29) is 6.61 Å². The first-order valence-corrected chi connectivity index (χ1v) is 6.42. The quantitative estimate of drug-likeness (QED) is 0.794. The van der Waals surface area contributed by atoms with Crippen LogP contribution in [0.4, 0.5) is 0 Å². The molecule has 96 valence electrons. The molecule has 0 aromatic heterocycles. The van der Waals surface area contributed by atoms with Crippen LogP contribution in [0, 0.1) is 25.7 Å². The SMILES string of the molecule is Cc1ccc(CNCC(CO)C(C)C)c(C)c1. The normalized spacial score (nSPS) is 13.1. The highest BCUT2D eigenvalue weighted by Gasteiger charge is 2.11. The zero-order valence-corrected chi connectivity index (χ0v) is 11.5. The van der Waals surface area contributed by atoms with E-state index in [1.807, 2.05) is 0 Å². The van der Waals surface area contributed by atoms with Crippen molar-refractivity contribution >= 4 is 0 Å². The van der Waals surface area contributed by atoms with E-state index in [2.05, 4.69) is 51.2 Å². The number of nitrogens with one attached hydrogen (secondary N) is 1. The maximum absolute atomic E-state index is 9.24. The lowest BCUT2D eigenvalue weighted by Gasteiger charge is -2.19. The highest BCUT2D eigenvalue weighted by Crippen LogP contribution is 2.12. The van der Waals surface area contributed by atoms with Crippen LogP contribution in [0.25, 0.3) is 0 Å². The van der Waals surface area contributed by atoms with E-state index in [1.165, 1.54) is 16.7 Å². The van der Waals surface area contributed by atoms with E-state index < -0.39 is 0 Å². The van der Waals surface area contributed by atoms with Gasteiger partial charge in [-0.3, -0.25) is 0 Å². The Morgan fingerprint density at radius 1 is 1.24 bits per heavy atom. The zero-order valence-electron chi connectivity index (χ0n) is 11.5. The summed E-state index contributed by atoms with van der Waals surface area (Å²) in [5, 5.41) is 12.7. The Morgan fingerprint density at radius 2 is 1.94 bits per heavy atom. The molecule has 2 N–H and O–H groups in total. The summed E-state index contributed by atoms with van der Waals surface area (Å²) in [6.45, 7) is 10.6. The van der Waals surface area contributed by atoms with Crippen LogP contribution >= 0.6 is 0 Å². The van der Waals surface area contributed by atoms with Crippen LogP contribution in [0.3, 0.4) is 0 Å². The Bertz CT molecular complexity index is 347.